The van der Waals surface area contributed by atoms with E-state index in [-0.39, 0.29) is 5.75 Å². The zero-order chi connectivity index (χ0) is 14.8. The molecule has 0 aliphatic heterocycles. The monoisotopic (exact) mass is 278 g/mol. The standard InChI is InChI=1S/C14H9F3N2O/c1-9-6-11(7-18)13(8-19-9)10-2-4-12(5-3-10)20-14(15,16)17/h2-6,8H,1H3. The number of aromatic nitrogens is 1. The number of halogens is 3. The Morgan fingerprint density at radius 1 is 1.20 bits per heavy atom. The van der Waals surface area contributed by atoms with Crippen LogP contribution < -0.4 is 4.74 Å². The third-order valence-electron chi connectivity index (χ3n) is 2.56. The Balaban J connectivity index is 2.34. The molecule has 2 aromatic rings. The van der Waals surface area contributed by atoms with Crippen molar-refractivity contribution in [1.82, 2.24) is 4.98 Å². The Hall–Kier alpha value is -2.55. The van der Waals surface area contributed by atoms with Crippen LogP contribution in [0.2, 0.25) is 0 Å². The van der Waals surface area contributed by atoms with E-state index in [0.717, 1.165) is 0 Å². The van der Waals surface area contributed by atoms with Gasteiger partial charge in [0.25, 0.3) is 0 Å². The van der Waals surface area contributed by atoms with Gasteiger partial charge in [-0.3, -0.25) is 4.98 Å². The summed E-state index contributed by atoms with van der Waals surface area (Å²) < 4.78 is 39.9. The molecule has 0 amide bonds. The predicted octanol–water partition coefficient (Wildman–Crippen LogP) is 3.83. The Labute approximate surface area is 113 Å². The molecule has 0 saturated carbocycles. The highest BCUT2D eigenvalue weighted by molar-refractivity contribution is 5.70. The van der Waals surface area contributed by atoms with Crippen LogP contribution in [0.15, 0.2) is 36.5 Å². The molecule has 0 radical (unpaired) electrons. The number of ether oxygens (including phenoxy) is 1. The highest BCUT2D eigenvalue weighted by atomic mass is 19.4. The number of hydrogen-bond donors (Lipinski definition) is 0. The number of pyridine rings is 1. The summed E-state index contributed by atoms with van der Waals surface area (Å²) >= 11 is 0. The SMILES string of the molecule is Cc1cc(C#N)c(-c2ccc(OC(F)(F)F)cc2)cn1. The maximum atomic E-state index is 12.1. The van der Waals surface area contributed by atoms with Gasteiger partial charge in [-0.05, 0) is 30.7 Å². The van der Waals surface area contributed by atoms with E-state index in [1.165, 1.54) is 30.5 Å². The molecule has 3 nitrogen and oxygen atoms in total. The number of rotatable bonds is 2. The van der Waals surface area contributed by atoms with Crippen LogP contribution in [-0.4, -0.2) is 11.3 Å². The lowest BCUT2D eigenvalue weighted by molar-refractivity contribution is -0.274. The van der Waals surface area contributed by atoms with Gasteiger partial charge >= 0.3 is 6.36 Å². The summed E-state index contributed by atoms with van der Waals surface area (Å²) in [5.74, 6) is -0.306. The highest BCUT2D eigenvalue weighted by Crippen LogP contribution is 2.28. The van der Waals surface area contributed by atoms with Crippen molar-refractivity contribution in [3.05, 3.63) is 47.8 Å². The fraction of sp³-hybridized carbons (Fsp3) is 0.143. The molecule has 0 spiro atoms. The molecule has 0 aliphatic rings. The maximum Gasteiger partial charge on any atom is 0.573 e. The second-order valence-corrected chi connectivity index (χ2v) is 4.06. The molecule has 1 heterocycles. The topological polar surface area (TPSA) is 45.9 Å². The molecule has 0 fully saturated rings. The van der Waals surface area contributed by atoms with Gasteiger partial charge in [0.15, 0.2) is 0 Å². The first kappa shape index (κ1) is 13.9. The van der Waals surface area contributed by atoms with Crippen LogP contribution in [0.3, 0.4) is 0 Å². The molecular weight excluding hydrogens is 269 g/mol. The number of hydrogen-bond acceptors (Lipinski definition) is 3. The maximum absolute atomic E-state index is 12.1. The number of benzene rings is 1. The summed E-state index contributed by atoms with van der Waals surface area (Å²) in [5, 5.41) is 9.06. The summed E-state index contributed by atoms with van der Waals surface area (Å²) in [7, 11) is 0. The number of nitrogens with zero attached hydrogens (tertiary/aromatic N) is 2. The molecule has 2 rings (SSSR count). The molecule has 0 bridgehead atoms. The van der Waals surface area contributed by atoms with Gasteiger partial charge < -0.3 is 4.74 Å². The van der Waals surface area contributed by atoms with Crippen LogP contribution in [-0.2, 0) is 0 Å². The Morgan fingerprint density at radius 3 is 2.40 bits per heavy atom. The van der Waals surface area contributed by atoms with Gasteiger partial charge in [-0.1, -0.05) is 12.1 Å². The van der Waals surface area contributed by atoms with Gasteiger partial charge in [0.2, 0.25) is 0 Å². The van der Waals surface area contributed by atoms with Crippen molar-refractivity contribution in [1.29, 1.82) is 5.26 Å². The van der Waals surface area contributed by atoms with Crippen LogP contribution in [0, 0.1) is 18.3 Å². The van der Waals surface area contributed by atoms with Gasteiger partial charge in [-0.15, -0.1) is 13.2 Å². The zero-order valence-electron chi connectivity index (χ0n) is 10.4. The van der Waals surface area contributed by atoms with Gasteiger partial charge in [0.05, 0.1) is 11.6 Å². The summed E-state index contributed by atoms with van der Waals surface area (Å²) in [6.07, 6.45) is -3.20. The van der Waals surface area contributed by atoms with Crippen molar-refractivity contribution in [3.63, 3.8) is 0 Å². The highest BCUT2D eigenvalue weighted by Gasteiger charge is 2.30. The largest absolute Gasteiger partial charge is 0.573 e. The minimum atomic E-state index is -4.72. The van der Waals surface area contributed by atoms with Crippen LogP contribution in [0.5, 0.6) is 5.75 Å². The number of nitriles is 1. The van der Waals surface area contributed by atoms with E-state index in [2.05, 4.69) is 9.72 Å². The average Bonchev–Trinajstić information content (AvgIpc) is 2.38. The normalized spacial score (nSPS) is 10.9. The fourth-order valence-electron chi connectivity index (χ4n) is 1.72. The lowest BCUT2D eigenvalue weighted by Gasteiger charge is -2.10. The molecule has 1 aromatic heterocycles. The Bertz CT molecular complexity index is 658. The van der Waals surface area contributed by atoms with E-state index in [9.17, 15) is 13.2 Å². The van der Waals surface area contributed by atoms with E-state index in [1.54, 1.807) is 13.0 Å². The van der Waals surface area contributed by atoms with Crippen LogP contribution in [0.25, 0.3) is 11.1 Å². The number of alkyl halides is 3. The van der Waals surface area contributed by atoms with Crippen molar-refractivity contribution in [2.24, 2.45) is 0 Å². The van der Waals surface area contributed by atoms with Crippen LogP contribution >= 0.6 is 0 Å². The Kier molecular flexibility index (Phi) is 3.61. The molecule has 0 unspecified atom stereocenters. The Morgan fingerprint density at radius 2 is 1.85 bits per heavy atom. The first-order valence-corrected chi connectivity index (χ1v) is 5.62. The zero-order valence-corrected chi connectivity index (χ0v) is 10.4. The van der Waals surface area contributed by atoms with Crippen molar-refractivity contribution in [3.8, 4) is 22.9 Å². The average molecular weight is 278 g/mol. The molecule has 0 saturated heterocycles. The molecule has 6 heteroatoms. The third kappa shape index (κ3) is 3.26. The van der Waals surface area contributed by atoms with Crippen molar-refractivity contribution < 1.29 is 17.9 Å². The molecular formula is C14H9F3N2O. The van der Waals surface area contributed by atoms with E-state index in [1.807, 2.05) is 6.07 Å². The summed E-state index contributed by atoms with van der Waals surface area (Å²) in [4.78, 5) is 4.08. The molecule has 0 N–H and O–H groups in total. The first-order valence-electron chi connectivity index (χ1n) is 5.62. The quantitative estimate of drug-likeness (QED) is 0.838. The van der Waals surface area contributed by atoms with Crippen molar-refractivity contribution >= 4 is 0 Å². The van der Waals surface area contributed by atoms with E-state index < -0.39 is 6.36 Å². The van der Waals surface area contributed by atoms with E-state index in [4.69, 9.17) is 5.26 Å². The molecule has 102 valence electrons. The molecule has 0 aliphatic carbocycles. The van der Waals surface area contributed by atoms with Gasteiger partial charge in [-0.2, -0.15) is 5.26 Å². The number of aryl methyl sites for hydroxylation is 1. The lowest BCUT2D eigenvalue weighted by Crippen LogP contribution is -2.16. The smallest absolute Gasteiger partial charge is 0.406 e. The molecule has 20 heavy (non-hydrogen) atoms. The van der Waals surface area contributed by atoms with Crippen molar-refractivity contribution in [2.75, 3.05) is 0 Å². The second kappa shape index (κ2) is 5.21. The van der Waals surface area contributed by atoms with Crippen molar-refractivity contribution in [2.45, 2.75) is 13.3 Å². The summed E-state index contributed by atoms with van der Waals surface area (Å²) in [5.41, 5.74) is 2.28. The van der Waals surface area contributed by atoms with Gasteiger partial charge in [0.1, 0.15) is 5.75 Å². The minimum absolute atomic E-state index is 0.306. The first-order chi connectivity index (χ1) is 9.39. The second-order valence-electron chi connectivity index (χ2n) is 4.06. The third-order valence-corrected chi connectivity index (χ3v) is 2.56. The lowest BCUT2D eigenvalue weighted by atomic mass is 10.0. The van der Waals surface area contributed by atoms with Crippen LogP contribution in [0.4, 0.5) is 13.2 Å². The fourth-order valence-corrected chi connectivity index (χ4v) is 1.72. The molecule has 1 aromatic carbocycles. The summed E-state index contributed by atoms with van der Waals surface area (Å²) in [6, 6.07) is 8.96. The van der Waals surface area contributed by atoms with E-state index in [0.29, 0.717) is 22.4 Å². The van der Waals surface area contributed by atoms with Crippen LogP contribution in [0.1, 0.15) is 11.3 Å². The van der Waals surface area contributed by atoms with Gasteiger partial charge in [0, 0.05) is 17.5 Å². The van der Waals surface area contributed by atoms with Gasteiger partial charge in [-0.25, -0.2) is 0 Å². The predicted molar refractivity (Wildman–Crippen MR) is 65.8 cm³/mol. The van der Waals surface area contributed by atoms with E-state index >= 15 is 0 Å². The minimum Gasteiger partial charge on any atom is -0.406 e. The molecule has 0 atom stereocenters. The summed E-state index contributed by atoms with van der Waals surface area (Å²) in [6.45, 7) is 1.75.